The van der Waals surface area contributed by atoms with E-state index in [0.29, 0.717) is 12.8 Å². The maximum Gasteiger partial charge on any atom is 0.320 e. The number of amides is 1. The van der Waals surface area contributed by atoms with E-state index in [-0.39, 0.29) is 5.91 Å². The number of hydrogen-bond donors (Lipinski definition) is 2. The molecule has 0 bridgehead atoms. The van der Waals surface area contributed by atoms with Crippen LogP contribution < -0.4 is 10.6 Å². The number of nitrogens with zero attached hydrogens (tertiary/aromatic N) is 1. The Bertz CT molecular complexity index is 812. The van der Waals surface area contributed by atoms with E-state index in [4.69, 9.17) is 10.8 Å². The molecule has 2 aromatic carbocycles. The third-order valence-corrected chi connectivity index (χ3v) is 4.81. The number of anilines is 2. The van der Waals surface area contributed by atoms with Gasteiger partial charge < -0.3 is 10.8 Å². The Morgan fingerprint density at radius 3 is 2.44 bits per heavy atom. The molecule has 0 saturated heterocycles. The second-order valence-electron chi connectivity index (χ2n) is 6.93. The summed E-state index contributed by atoms with van der Waals surface area (Å²) in [5.41, 5.74) is 8.74. The van der Waals surface area contributed by atoms with E-state index in [2.05, 4.69) is 0 Å². The molecule has 3 rings (SSSR count). The number of rotatable bonds is 5. The van der Waals surface area contributed by atoms with Gasteiger partial charge in [-0.05, 0) is 56.0 Å². The highest BCUT2D eigenvalue weighted by molar-refractivity contribution is 6.12. The number of carbonyl (C=O) groups excluding carboxylic acids is 1. The summed E-state index contributed by atoms with van der Waals surface area (Å²) >= 11 is 0. The first-order chi connectivity index (χ1) is 11.8. The number of para-hydroxylation sites is 1. The van der Waals surface area contributed by atoms with Crippen molar-refractivity contribution < 1.29 is 14.7 Å². The third-order valence-electron chi connectivity index (χ3n) is 4.81. The normalized spacial score (nSPS) is 16.6. The fourth-order valence-corrected chi connectivity index (χ4v) is 3.21. The van der Waals surface area contributed by atoms with Crippen LogP contribution in [0, 0.1) is 0 Å². The lowest BCUT2D eigenvalue weighted by atomic mass is 9.86. The standard InChI is InChI=1S/C20H22N2O3/c1-20(2)15-5-3-4-6-17(15)22(19(20)25)14-10-7-13(8-11-14)9-12-16(21)18(23)24/h3-8,10-11,16H,9,12,21H2,1-2H3,(H,23,24)/t16-/m0/s1. The summed E-state index contributed by atoms with van der Waals surface area (Å²) in [5.74, 6) is -0.938. The number of hydrogen-bond acceptors (Lipinski definition) is 3. The summed E-state index contributed by atoms with van der Waals surface area (Å²) in [6.45, 7) is 3.88. The van der Waals surface area contributed by atoms with Crippen molar-refractivity contribution in [2.24, 2.45) is 5.73 Å². The molecular weight excluding hydrogens is 316 g/mol. The van der Waals surface area contributed by atoms with Crippen LogP contribution in [0.15, 0.2) is 48.5 Å². The fraction of sp³-hybridized carbons (Fsp3) is 0.300. The number of nitrogens with two attached hydrogens (primary N) is 1. The van der Waals surface area contributed by atoms with Gasteiger partial charge in [0, 0.05) is 5.69 Å². The van der Waals surface area contributed by atoms with Crippen LogP contribution in [0.1, 0.15) is 31.4 Å². The zero-order valence-corrected chi connectivity index (χ0v) is 14.4. The molecule has 1 amide bonds. The largest absolute Gasteiger partial charge is 0.480 e. The second-order valence-corrected chi connectivity index (χ2v) is 6.93. The Hall–Kier alpha value is -2.66. The Labute approximate surface area is 147 Å². The highest BCUT2D eigenvalue weighted by Crippen LogP contribution is 2.44. The van der Waals surface area contributed by atoms with Gasteiger partial charge in [0.2, 0.25) is 5.91 Å². The summed E-state index contributed by atoms with van der Waals surface area (Å²) in [7, 11) is 0. The van der Waals surface area contributed by atoms with Crippen molar-refractivity contribution in [3.05, 3.63) is 59.7 Å². The molecule has 1 aliphatic rings. The first-order valence-corrected chi connectivity index (χ1v) is 8.34. The minimum atomic E-state index is -0.988. The number of benzene rings is 2. The third kappa shape index (κ3) is 3.03. The van der Waals surface area contributed by atoms with Crippen LogP contribution in [-0.4, -0.2) is 23.0 Å². The molecule has 2 aromatic rings. The molecule has 0 unspecified atom stereocenters. The van der Waals surface area contributed by atoms with Crippen molar-refractivity contribution in [1.82, 2.24) is 0 Å². The number of aryl methyl sites for hydroxylation is 1. The molecule has 5 heteroatoms. The van der Waals surface area contributed by atoms with E-state index in [9.17, 15) is 9.59 Å². The molecule has 0 spiro atoms. The molecule has 3 N–H and O–H groups in total. The molecule has 0 radical (unpaired) electrons. The van der Waals surface area contributed by atoms with Gasteiger partial charge in [-0.15, -0.1) is 0 Å². The summed E-state index contributed by atoms with van der Waals surface area (Å²) in [6, 6.07) is 14.6. The number of aliphatic carboxylic acids is 1. The zero-order valence-electron chi connectivity index (χ0n) is 14.4. The first kappa shape index (κ1) is 17.2. The van der Waals surface area contributed by atoms with Gasteiger partial charge in [0.1, 0.15) is 6.04 Å². The van der Waals surface area contributed by atoms with Gasteiger partial charge in [0.15, 0.2) is 0 Å². The molecule has 25 heavy (non-hydrogen) atoms. The monoisotopic (exact) mass is 338 g/mol. The molecule has 1 aliphatic heterocycles. The molecule has 130 valence electrons. The van der Waals surface area contributed by atoms with Crippen LogP contribution in [0.2, 0.25) is 0 Å². The van der Waals surface area contributed by atoms with E-state index >= 15 is 0 Å². The number of carboxylic acid groups (broad SMARTS) is 1. The molecule has 5 nitrogen and oxygen atoms in total. The van der Waals surface area contributed by atoms with Crippen LogP contribution in [0.4, 0.5) is 11.4 Å². The Balaban J connectivity index is 1.83. The van der Waals surface area contributed by atoms with Gasteiger partial charge in [0.05, 0.1) is 11.1 Å². The van der Waals surface area contributed by atoms with E-state index < -0.39 is 17.4 Å². The van der Waals surface area contributed by atoms with E-state index in [1.807, 2.05) is 62.4 Å². The van der Waals surface area contributed by atoms with Crippen molar-refractivity contribution in [2.75, 3.05) is 4.90 Å². The lowest BCUT2D eigenvalue weighted by Gasteiger charge is -2.21. The Morgan fingerprint density at radius 1 is 1.16 bits per heavy atom. The molecule has 0 saturated carbocycles. The molecule has 1 heterocycles. The summed E-state index contributed by atoms with van der Waals surface area (Å²) in [5, 5.41) is 8.85. The number of carbonyl (C=O) groups is 2. The predicted molar refractivity (Wildman–Crippen MR) is 97.0 cm³/mol. The average Bonchev–Trinajstić information content (AvgIpc) is 2.80. The Morgan fingerprint density at radius 2 is 1.80 bits per heavy atom. The highest BCUT2D eigenvalue weighted by atomic mass is 16.4. The molecular formula is C20H22N2O3. The molecule has 0 fully saturated rings. The minimum Gasteiger partial charge on any atom is -0.480 e. The van der Waals surface area contributed by atoms with Crippen LogP contribution in [0.5, 0.6) is 0 Å². The van der Waals surface area contributed by atoms with Crippen LogP contribution in [0.25, 0.3) is 0 Å². The zero-order chi connectivity index (χ0) is 18.2. The van der Waals surface area contributed by atoms with Gasteiger partial charge in [-0.3, -0.25) is 14.5 Å². The average molecular weight is 338 g/mol. The van der Waals surface area contributed by atoms with Crippen molar-refractivity contribution in [3.8, 4) is 0 Å². The molecule has 1 atom stereocenters. The van der Waals surface area contributed by atoms with Crippen LogP contribution in [-0.2, 0) is 21.4 Å². The number of fused-ring (bicyclic) bond motifs is 1. The van der Waals surface area contributed by atoms with E-state index in [1.165, 1.54) is 0 Å². The van der Waals surface area contributed by atoms with Crippen molar-refractivity contribution in [2.45, 2.75) is 38.1 Å². The van der Waals surface area contributed by atoms with Crippen LogP contribution >= 0.6 is 0 Å². The number of carboxylic acids is 1. The topological polar surface area (TPSA) is 83.6 Å². The van der Waals surface area contributed by atoms with Gasteiger partial charge in [-0.2, -0.15) is 0 Å². The Kier molecular flexibility index (Phi) is 4.35. The van der Waals surface area contributed by atoms with Gasteiger partial charge >= 0.3 is 5.97 Å². The van der Waals surface area contributed by atoms with E-state index in [1.54, 1.807) is 4.90 Å². The van der Waals surface area contributed by atoms with Crippen molar-refractivity contribution in [3.63, 3.8) is 0 Å². The second kappa shape index (κ2) is 6.33. The predicted octanol–water partition coefficient (Wildman–Crippen LogP) is 2.99. The lowest BCUT2D eigenvalue weighted by Crippen LogP contribution is -2.33. The lowest BCUT2D eigenvalue weighted by molar-refractivity contribution is -0.138. The van der Waals surface area contributed by atoms with E-state index in [0.717, 1.165) is 22.5 Å². The fourth-order valence-electron chi connectivity index (χ4n) is 3.21. The van der Waals surface area contributed by atoms with Gasteiger partial charge in [0.25, 0.3) is 0 Å². The maximum absolute atomic E-state index is 12.9. The highest BCUT2D eigenvalue weighted by Gasteiger charge is 2.44. The van der Waals surface area contributed by atoms with Crippen LogP contribution in [0.3, 0.4) is 0 Å². The van der Waals surface area contributed by atoms with Crippen molar-refractivity contribution in [1.29, 1.82) is 0 Å². The quantitative estimate of drug-likeness (QED) is 0.878. The minimum absolute atomic E-state index is 0.0503. The van der Waals surface area contributed by atoms with Gasteiger partial charge in [-0.25, -0.2) is 0 Å². The summed E-state index contributed by atoms with van der Waals surface area (Å²) in [4.78, 5) is 25.4. The molecule has 0 aromatic heterocycles. The maximum atomic E-state index is 12.9. The first-order valence-electron chi connectivity index (χ1n) is 8.34. The smallest absolute Gasteiger partial charge is 0.320 e. The summed E-state index contributed by atoms with van der Waals surface area (Å²) in [6.07, 6.45) is 0.969. The van der Waals surface area contributed by atoms with Crippen molar-refractivity contribution >= 4 is 23.3 Å². The summed E-state index contributed by atoms with van der Waals surface area (Å²) < 4.78 is 0. The SMILES string of the molecule is CC1(C)C(=O)N(c2ccc(CC[C@H](N)C(=O)O)cc2)c2ccccc21. The van der Waals surface area contributed by atoms with Gasteiger partial charge in [-0.1, -0.05) is 30.3 Å². The molecule has 0 aliphatic carbocycles.